The highest BCUT2D eigenvalue weighted by Gasteiger charge is 2.16. The molecular weight excluding hydrogens is 258 g/mol. The van der Waals surface area contributed by atoms with Crippen LogP contribution in [0.4, 0.5) is 0 Å². The van der Waals surface area contributed by atoms with Crippen LogP contribution < -0.4 is 0 Å². The Bertz CT molecular complexity index is 620. The monoisotopic (exact) mass is 269 g/mol. The number of benzene rings is 1. The lowest BCUT2D eigenvalue weighted by atomic mass is 10.3. The molecule has 0 aliphatic carbocycles. The molecule has 1 heterocycles. The topological polar surface area (TPSA) is 64.8 Å². The molecule has 7 heteroatoms. The average Bonchev–Trinajstić information content (AvgIpc) is 2.58. The zero-order valence-electron chi connectivity index (χ0n) is 9.36. The van der Waals surface area contributed by atoms with Crippen molar-refractivity contribution in [3.05, 3.63) is 36.2 Å². The van der Waals surface area contributed by atoms with Crippen molar-refractivity contribution in [3.63, 3.8) is 0 Å². The first-order valence-corrected chi connectivity index (χ1v) is 8.07. The molecule has 1 aromatic carbocycles. The van der Waals surface area contributed by atoms with E-state index in [-0.39, 0.29) is 0 Å². The Hall–Kier alpha value is -1.34. The minimum absolute atomic E-state index is 0.358. The van der Waals surface area contributed by atoms with Gasteiger partial charge in [-0.3, -0.25) is 4.57 Å². The first-order valence-electron chi connectivity index (χ1n) is 4.84. The van der Waals surface area contributed by atoms with Crippen LogP contribution in [-0.2, 0) is 8.87 Å². The number of para-hydroxylation sites is 1. The molecule has 0 aliphatic heterocycles. The Kier molecular flexibility index (Phi) is 3.21. The van der Waals surface area contributed by atoms with E-state index in [1.54, 1.807) is 11.5 Å². The van der Waals surface area contributed by atoms with Crippen molar-refractivity contribution in [3.8, 4) is 5.69 Å². The van der Waals surface area contributed by atoms with Crippen LogP contribution in [0.3, 0.4) is 0 Å². The third-order valence-corrected chi connectivity index (χ3v) is 4.11. The van der Waals surface area contributed by atoms with Gasteiger partial charge >= 0.3 is 0 Å². The number of nitrogens with zero attached hydrogens (tertiary/aromatic N) is 3. The van der Waals surface area contributed by atoms with Crippen LogP contribution in [0.25, 0.3) is 5.69 Å². The molecule has 0 saturated carbocycles. The number of rotatable bonds is 3. The lowest BCUT2D eigenvalue weighted by Gasteiger charge is -2.06. The molecule has 0 atom stereocenters. The maximum Gasteiger partial charge on any atom is 0.211 e. The summed E-state index contributed by atoms with van der Waals surface area (Å²) in [6.07, 6.45) is 1.15. The van der Waals surface area contributed by atoms with Gasteiger partial charge in [-0.25, -0.2) is 8.42 Å². The number of aromatic nitrogens is 3. The second-order valence-electron chi connectivity index (χ2n) is 3.49. The second-order valence-corrected chi connectivity index (χ2v) is 7.74. The van der Waals surface area contributed by atoms with Gasteiger partial charge in [-0.15, -0.1) is 10.2 Å². The van der Waals surface area contributed by atoms with Crippen molar-refractivity contribution in [2.24, 2.45) is 0 Å². The van der Waals surface area contributed by atoms with Crippen LogP contribution in [-0.4, -0.2) is 29.4 Å². The lowest BCUT2D eigenvalue weighted by Crippen LogP contribution is -2.00. The fourth-order valence-corrected chi connectivity index (χ4v) is 3.20. The molecule has 0 saturated heterocycles. The van der Waals surface area contributed by atoms with Crippen LogP contribution in [0.1, 0.15) is 5.82 Å². The highest BCUT2D eigenvalue weighted by atomic mass is 33.1. The molecule has 0 N–H and O–H groups in total. The standard InChI is InChI=1S/C10H11N3O2S2/c1-8-11-12-10(16-17(2,14)15)13(8)9-6-4-3-5-7-9/h3-7H,1-2H3. The molecule has 0 spiro atoms. The van der Waals surface area contributed by atoms with Crippen molar-refractivity contribution in [2.45, 2.75) is 12.1 Å². The molecule has 0 unspecified atom stereocenters. The molecular formula is C10H11N3O2S2. The van der Waals surface area contributed by atoms with Gasteiger partial charge in [-0.1, -0.05) is 18.2 Å². The van der Waals surface area contributed by atoms with E-state index >= 15 is 0 Å². The minimum atomic E-state index is -3.20. The lowest BCUT2D eigenvalue weighted by molar-refractivity contribution is 0.615. The SMILES string of the molecule is Cc1nnc(SS(C)(=O)=O)n1-c1ccccc1. The zero-order valence-corrected chi connectivity index (χ0v) is 11.0. The molecule has 17 heavy (non-hydrogen) atoms. The molecule has 0 aliphatic rings. The van der Waals surface area contributed by atoms with Crippen LogP contribution in [0.2, 0.25) is 0 Å². The van der Waals surface area contributed by atoms with Gasteiger partial charge in [-0.05, 0) is 19.1 Å². The van der Waals surface area contributed by atoms with Gasteiger partial charge in [0.2, 0.25) is 14.0 Å². The van der Waals surface area contributed by atoms with Gasteiger partial charge in [0.15, 0.2) is 0 Å². The highest BCUT2D eigenvalue weighted by molar-refractivity contribution is 8.71. The van der Waals surface area contributed by atoms with E-state index in [1.165, 1.54) is 0 Å². The van der Waals surface area contributed by atoms with E-state index in [0.717, 1.165) is 11.9 Å². The Labute approximate surface area is 103 Å². The number of hydrogen-bond donors (Lipinski definition) is 0. The molecule has 90 valence electrons. The van der Waals surface area contributed by atoms with Crippen molar-refractivity contribution in [1.82, 2.24) is 14.8 Å². The third kappa shape index (κ3) is 2.86. The third-order valence-electron chi connectivity index (χ3n) is 2.04. The fraction of sp³-hybridized carbons (Fsp3) is 0.200. The Morgan fingerprint density at radius 1 is 1.18 bits per heavy atom. The van der Waals surface area contributed by atoms with E-state index in [2.05, 4.69) is 10.2 Å². The van der Waals surface area contributed by atoms with E-state index < -0.39 is 8.87 Å². The van der Waals surface area contributed by atoms with Crippen molar-refractivity contribution >= 4 is 19.7 Å². The van der Waals surface area contributed by atoms with E-state index in [1.807, 2.05) is 30.3 Å². The predicted molar refractivity (Wildman–Crippen MR) is 66.8 cm³/mol. The minimum Gasteiger partial charge on any atom is -0.273 e. The van der Waals surface area contributed by atoms with Gasteiger partial charge < -0.3 is 0 Å². The smallest absolute Gasteiger partial charge is 0.211 e. The second kappa shape index (κ2) is 4.50. The van der Waals surface area contributed by atoms with E-state index in [9.17, 15) is 8.42 Å². The molecule has 0 radical (unpaired) electrons. The largest absolute Gasteiger partial charge is 0.273 e. The van der Waals surface area contributed by atoms with Gasteiger partial charge in [0.05, 0.1) is 0 Å². The Morgan fingerprint density at radius 2 is 1.82 bits per heavy atom. The summed E-state index contributed by atoms with van der Waals surface area (Å²) in [7, 11) is -2.50. The molecule has 2 aromatic rings. The normalized spacial score (nSPS) is 11.6. The average molecular weight is 269 g/mol. The summed E-state index contributed by atoms with van der Waals surface area (Å²) >= 11 is 0. The maximum atomic E-state index is 11.3. The highest BCUT2D eigenvalue weighted by Crippen LogP contribution is 2.25. The fourth-order valence-electron chi connectivity index (χ4n) is 1.41. The van der Waals surface area contributed by atoms with Gasteiger partial charge in [0.1, 0.15) is 5.82 Å². The van der Waals surface area contributed by atoms with Gasteiger partial charge in [0.25, 0.3) is 0 Å². The summed E-state index contributed by atoms with van der Waals surface area (Å²) in [5, 5.41) is 8.14. The summed E-state index contributed by atoms with van der Waals surface area (Å²) < 4.78 is 24.3. The van der Waals surface area contributed by atoms with E-state index in [0.29, 0.717) is 21.8 Å². The first kappa shape index (κ1) is 12.1. The van der Waals surface area contributed by atoms with Crippen molar-refractivity contribution in [1.29, 1.82) is 0 Å². The molecule has 1 aromatic heterocycles. The molecule has 2 rings (SSSR count). The van der Waals surface area contributed by atoms with Gasteiger partial charge in [-0.2, -0.15) is 0 Å². The first-order chi connectivity index (χ1) is 7.97. The quantitative estimate of drug-likeness (QED) is 0.792. The molecule has 5 nitrogen and oxygen atoms in total. The molecule has 0 fully saturated rings. The van der Waals surface area contributed by atoms with Gasteiger partial charge in [0, 0.05) is 22.7 Å². The van der Waals surface area contributed by atoms with Crippen LogP contribution >= 0.6 is 10.8 Å². The summed E-state index contributed by atoms with van der Waals surface area (Å²) in [5.41, 5.74) is 0.848. The molecule has 0 bridgehead atoms. The van der Waals surface area contributed by atoms with Crippen LogP contribution in [0.15, 0.2) is 35.5 Å². The van der Waals surface area contributed by atoms with Crippen molar-refractivity contribution < 1.29 is 8.42 Å². The summed E-state index contributed by atoms with van der Waals surface area (Å²) in [6.45, 7) is 1.78. The zero-order chi connectivity index (χ0) is 12.5. The maximum absolute atomic E-state index is 11.3. The summed E-state index contributed by atoms with van der Waals surface area (Å²) in [5.74, 6) is 0.655. The summed E-state index contributed by atoms with van der Waals surface area (Å²) in [4.78, 5) is 0. The van der Waals surface area contributed by atoms with Crippen LogP contribution in [0, 0.1) is 6.92 Å². The Morgan fingerprint density at radius 3 is 2.41 bits per heavy atom. The number of hydrogen-bond acceptors (Lipinski definition) is 5. The predicted octanol–water partition coefficient (Wildman–Crippen LogP) is 1.63. The van der Waals surface area contributed by atoms with Crippen LogP contribution in [0.5, 0.6) is 0 Å². The van der Waals surface area contributed by atoms with E-state index in [4.69, 9.17) is 0 Å². The van der Waals surface area contributed by atoms with Crippen molar-refractivity contribution in [2.75, 3.05) is 6.26 Å². The summed E-state index contributed by atoms with van der Waals surface area (Å²) in [6, 6.07) is 9.41. The Balaban J connectivity index is 2.51. The molecule has 0 amide bonds. The number of aryl methyl sites for hydroxylation is 1.